The average Bonchev–Trinajstić information content (AvgIpc) is 2.53. The third-order valence-corrected chi connectivity index (χ3v) is 3.36. The standard InChI is InChI=1S/C11H14BrNO2/c12-10-9(5-8-15-10)11(14)13-6-3-1-2-4-7-13/h5,8H,1-4,6-7H2. The Balaban J connectivity index is 2.09. The number of hydrogen-bond acceptors (Lipinski definition) is 2. The lowest BCUT2D eigenvalue weighted by molar-refractivity contribution is 0.0759. The van der Waals surface area contributed by atoms with Crippen LogP contribution >= 0.6 is 15.9 Å². The molecule has 1 fully saturated rings. The van der Waals surface area contributed by atoms with Crippen LogP contribution in [0.5, 0.6) is 0 Å². The van der Waals surface area contributed by atoms with Crippen molar-refractivity contribution in [2.75, 3.05) is 13.1 Å². The van der Waals surface area contributed by atoms with Gasteiger partial charge in [0.2, 0.25) is 0 Å². The van der Waals surface area contributed by atoms with Gasteiger partial charge >= 0.3 is 0 Å². The van der Waals surface area contributed by atoms with Crippen LogP contribution in [0.25, 0.3) is 0 Å². The predicted octanol–water partition coefficient (Wildman–Crippen LogP) is 3.06. The third-order valence-electron chi connectivity index (χ3n) is 2.74. The maximum Gasteiger partial charge on any atom is 0.258 e. The van der Waals surface area contributed by atoms with Crippen molar-refractivity contribution in [3.8, 4) is 0 Å². The smallest absolute Gasteiger partial charge is 0.258 e. The molecule has 4 heteroatoms. The number of carbonyl (C=O) groups is 1. The summed E-state index contributed by atoms with van der Waals surface area (Å²) in [6.07, 6.45) is 6.23. The fourth-order valence-corrected chi connectivity index (χ4v) is 2.30. The number of rotatable bonds is 1. The van der Waals surface area contributed by atoms with Gasteiger partial charge < -0.3 is 9.32 Å². The normalized spacial score (nSPS) is 17.5. The number of furan rings is 1. The van der Waals surface area contributed by atoms with Gasteiger partial charge in [0, 0.05) is 13.1 Å². The van der Waals surface area contributed by atoms with E-state index in [2.05, 4.69) is 15.9 Å². The average molecular weight is 272 g/mol. The lowest BCUT2D eigenvalue weighted by atomic mass is 10.2. The highest BCUT2D eigenvalue weighted by Crippen LogP contribution is 2.21. The molecule has 3 nitrogen and oxygen atoms in total. The van der Waals surface area contributed by atoms with Gasteiger partial charge in [0.05, 0.1) is 11.8 Å². The minimum atomic E-state index is 0.0810. The lowest BCUT2D eigenvalue weighted by Gasteiger charge is -2.19. The van der Waals surface area contributed by atoms with Gasteiger partial charge in [0.15, 0.2) is 4.67 Å². The molecule has 1 aliphatic rings. The Bertz CT molecular complexity index is 340. The molecule has 82 valence electrons. The molecule has 0 bridgehead atoms. The van der Waals surface area contributed by atoms with Gasteiger partial charge in [-0.05, 0) is 34.8 Å². The highest BCUT2D eigenvalue weighted by Gasteiger charge is 2.20. The van der Waals surface area contributed by atoms with Crippen LogP contribution in [-0.2, 0) is 0 Å². The number of hydrogen-bond donors (Lipinski definition) is 0. The summed E-state index contributed by atoms with van der Waals surface area (Å²) in [4.78, 5) is 14.0. The molecule has 0 unspecified atom stereocenters. The zero-order valence-corrected chi connectivity index (χ0v) is 10.1. The lowest BCUT2D eigenvalue weighted by Crippen LogP contribution is -2.31. The molecule has 0 aromatic carbocycles. The zero-order chi connectivity index (χ0) is 10.7. The van der Waals surface area contributed by atoms with Gasteiger partial charge in [-0.15, -0.1) is 0 Å². The second-order valence-corrected chi connectivity index (χ2v) is 4.53. The van der Waals surface area contributed by atoms with Crippen LogP contribution in [0.15, 0.2) is 21.4 Å². The van der Waals surface area contributed by atoms with Crippen LogP contribution in [0.3, 0.4) is 0 Å². The van der Waals surface area contributed by atoms with Gasteiger partial charge in [-0.3, -0.25) is 4.79 Å². The van der Waals surface area contributed by atoms with Gasteiger partial charge in [-0.1, -0.05) is 12.8 Å². The van der Waals surface area contributed by atoms with Crippen LogP contribution in [0.1, 0.15) is 36.0 Å². The molecule has 1 aromatic heterocycles. The van der Waals surface area contributed by atoms with Crippen molar-refractivity contribution in [1.29, 1.82) is 0 Å². The van der Waals surface area contributed by atoms with E-state index in [1.165, 1.54) is 19.1 Å². The van der Waals surface area contributed by atoms with Crippen molar-refractivity contribution < 1.29 is 9.21 Å². The first-order valence-electron chi connectivity index (χ1n) is 5.31. The van der Waals surface area contributed by atoms with Crippen LogP contribution in [0.2, 0.25) is 0 Å². The number of halogens is 1. The van der Waals surface area contributed by atoms with Crippen molar-refractivity contribution in [3.63, 3.8) is 0 Å². The van der Waals surface area contributed by atoms with Crippen molar-refractivity contribution in [2.45, 2.75) is 25.7 Å². The summed E-state index contributed by atoms with van der Waals surface area (Å²) in [6.45, 7) is 1.74. The maximum absolute atomic E-state index is 12.1. The minimum absolute atomic E-state index is 0.0810. The number of carbonyl (C=O) groups excluding carboxylic acids is 1. The third kappa shape index (κ3) is 2.43. The van der Waals surface area contributed by atoms with E-state index in [0.29, 0.717) is 10.2 Å². The molecule has 0 radical (unpaired) electrons. The Morgan fingerprint density at radius 1 is 1.27 bits per heavy atom. The van der Waals surface area contributed by atoms with Gasteiger partial charge in [-0.25, -0.2) is 0 Å². The highest BCUT2D eigenvalue weighted by molar-refractivity contribution is 9.10. The molecule has 0 atom stereocenters. The molecular formula is C11H14BrNO2. The van der Waals surface area contributed by atoms with Crippen LogP contribution < -0.4 is 0 Å². The summed E-state index contributed by atoms with van der Waals surface area (Å²) in [6, 6.07) is 1.72. The van der Waals surface area contributed by atoms with Gasteiger partial charge in [-0.2, -0.15) is 0 Å². The fraction of sp³-hybridized carbons (Fsp3) is 0.545. The summed E-state index contributed by atoms with van der Waals surface area (Å²) >= 11 is 3.24. The number of likely N-dealkylation sites (tertiary alicyclic amines) is 1. The molecule has 1 aromatic rings. The largest absolute Gasteiger partial charge is 0.457 e. The van der Waals surface area contributed by atoms with E-state index in [4.69, 9.17) is 4.42 Å². The monoisotopic (exact) mass is 271 g/mol. The quantitative estimate of drug-likeness (QED) is 0.787. The van der Waals surface area contributed by atoms with Gasteiger partial charge in [0.25, 0.3) is 5.91 Å². The minimum Gasteiger partial charge on any atom is -0.457 e. The van der Waals surface area contributed by atoms with Crippen LogP contribution in [0, 0.1) is 0 Å². The molecule has 0 aliphatic carbocycles. The van der Waals surface area contributed by atoms with E-state index < -0.39 is 0 Å². The second-order valence-electron chi connectivity index (χ2n) is 3.81. The molecular weight excluding hydrogens is 258 g/mol. The van der Waals surface area contributed by atoms with Crippen molar-refractivity contribution >= 4 is 21.8 Å². The van der Waals surface area contributed by atoms with Crippen molar-refractivity contribution in [2.24, 2.45) is 0 Å². The topological polar surface area (TPSA) is 33.5 Å². The molecule has 2 heterocycles. The zero-order valence-electron chi connectivity index (χ0n) is 8.54. The Morgan fingerprint density at radius 3 is 2.47 bits per heavy atom. The molecule has 15 heavy (non-hydrogen) atoms. The summed E-state index contributed by atoms with van der Waals surface area (Å²) < 4.78 is 5.62. The first kappa shape index (κ1) is 10.7. The molecule has 1 amide bonds. The number of nitrogens with zero attached hydrogens (tertiary/aromatic N) is 1. The Kier molecular flexibility index (Phi) is 3.46. The fourth-order valence-electron chi connectivity index (χ4n) is 1.89. The molecule has 0 saturated carbocycles. The SMILES string of the molecule is O=C(c1ccoc1Br)N1CCCCCC1. The Labute approximate surface area is 97.6 Å². The summed E-state index contributed by atoms with van der Waals surface area (Å²) in [5, 5.41) is 0. The van der Waals surface area contributed by atoms with E-state index in [9.17, 15) is 4.79 Å². The van der Waals surface area contributed by atoms with E-state index in [-0.39, 0.29) is 5.91 Å². The van der Waals surface area contributed by atoms with Gasteiger partial charge in [0.1, 0.15) is 0 Å². The van der Waals surface area contributed by atoms with E-state index >= 15 is 0 Å². The van der Waals surface area contributed by atoms with Crippen molar-refractivity contribution in [1.82, 2.24) is 4.90 Å². The second kappa shape index (κ2) is 4.84. The maximum atomic E-state index is 12.1. The summed E-state index contributed by atoms with van der Waals surface area (Å²) in [7, 11) is 0. The molecule has 2 rings (SSSR count). The Hall–Kier alpha value is -0.770. The first-order chi connectivity index (χ1) is 7.29. The van der Waals surface area contributed by atoms with Crippen molar-refractivity contribution in [3.05, 3.63) is 22.6 Å². The van der Waals surface area contributed by atoms with Crippen LogP contribution in [0.4, 0.5) is 0 Å². The molecule has 0 spiro atoms. The van der Waals surface area contributed by atoms with E-state index in [1.54, 1.807) is 6.07 Å². The predicted molar refractivity (Wildman–Crippen MR) is 60.8 cm³/mol. The summed E-state index contributed by atoms with van der Waals surface area (Å²) in [5.74, 6) is 0.0810. The molecule has 0 N–H and O–H groups in total. The molecule has 1 aliphatic heterocycles. The van der Waals surface area contributed by atoms with Crippen LogP contribution in [-0.4, -0.2) is 23.9 Å². The molecule has 1 saturated heterocycles. The van der Waals surface area contributed by atoms with E-state index in [1.807, 2.05) is 4.90 Å². The highest BCUT2D eigenvalue weighted by atomic mass is 79.9. The summed E-state index contributed by atoms with van der Waals surface area (Å²) in [5.41, 5.74) is 0.636. The first-order valence-corrected chi connectivity index (χ1v) is 6.10. The number of amides is 1. The van der Waals surface area contributed by atoms with E-state index in [0.717, 1.165) is 25.9 Å². The Morgan fingerprint density at radius 2 is 1.93 bits per heavy atom.